The molecule has 0 saturated carbocycles. The molecule has 1 aliphatic rings. The van der Waals surface area contributed by atoms with Crippen LogP contribution in [-0.2, 0) is 19.6 Å². The van der Waals surface area contributed by atoms with Crippen LogP contribution in [0.4, 0.5) is 0 Å². The Bertz CT molecular complexity index is 326. The van der Waals surface area contributed by atoms with Gasteiger partial charge in [-0.05, 0) is 13.3 Å². The summed E-state index contributed by atoms with van der Waals surface area (Å²) in [6.45, 7) is 2.76. The molecule has 88 valence electrons. The lowest BCUT2D eigenvalue weighted by molar-refractivity contribution is -0.134. The van der Waals surface area contributed by atoms with Crippen LogP contribution in [0.3, 0.4) is 0 Å². The minimum absolute atomic E-state index is 0.0255. The van der Waals surface area contributed by atoms with Gasteiger partial charge in [0.05, 0.1) is 6.10 Å². The van der Waals surface area contributed by atoms with E-state index >= 15 is 0 Å². The predicted octanol–water partition coefficient (Wildman–Crippen LogP) is -0.585. The molecule has 0 aromatic carbocycles. The van der Waals surface area contributed by atoms with E-state index in [4.69, 9.17) is 9.84 Å². The van der Waals surface area contributed by atoms with Crippen molar-refractivity contribution in [1.29, 1.82) is 0 Å². The Balaban J connectivity index is 2.39. The fourth-order valence-electron chi connectivity index (χ4n) is 1.49. The molecule has 0 bridgehead atoms. The summed E-state index contributed by atoms with van der Waals surface area (Å²) in [6.07, 6.45) is 0.828. The highest BCUT2D eigenvalue weighted by Crippen LogP contribution is 2.19. The van der Waals surface area contributed by atoms with Crippen LogP contribution in [0.15, 0.2) is 0 Å². The van der Waals surface area contributed by atoms with Crippen LogP contribution in [0.25, 0.3) is 0 Å². The van der Waals surface area contributed by atoms with Crippen LogP contribution >= 0.6 is 0 Å². The van der Waals surface area contributed by atoms with Gasteiger partial charge in [0.1, 0.15) is 0 Å². The number of ether oxygens (including phenoxy) is 1. The smallest absolute Gasteiger partial charge is 0.320 e. The van der Waals surface area contributed by atoms with Crippen molar-refractivity contribution in [3.05, 3.63) is 0 Å². The lowest BCUT2D eigenvalue weighted by Gasteiger charge is -2.14. The van der Waals surface area contributed by atoms with E-state index in [0.717, 1.165) is 6.42 Å². The van der Waals surface area contributed by atoms with Crippen molar-refractivity contribution in [1.82, 2.24) is 4.72 Å². The van der Waals surface area contributed by atoms with Gasteiger partial charge in [0.15, 0.2) is 5.75 Å². The molecule has 1 fully saturated rings. The fraction of sp³-hybridized carbons (Fsp3) is 0.875. The highest BCUT2D eigenvalue weighted by molar-refractivity contribution is 7.90. The number of aliphatic carboxylic acids is 1. The lowest BCUT2D eigenvalue weighted by Crippen LogP contribution is -2.35. The molecular weight excluding hydrogens is 222 g/mol. The maximum atomic E-state index is 11.2. The number of carboxylic acids is 1. The van der Waals surface area contributed by atoms with Crippen LogP contribution in [0, 0.1) is 5.92 Å². The molecule has 0 aromatic heterocycles. The number of hydrogen-bond donors (Lipinski definition) is 2. The van der Waals surface area contributed by atoms with Gasteiger partial charge in [-0.1, -0.05) is 0 Å². The average molecular weight is 237 g/mol. The molecule has 6 nitrogen and oxygen atoms in total. The Hall–Kier alpha value is -0.660. The van der Waals surface area contributed by atoms with Gasteiger partial charge in [0, 0.05) is 19.1 Å². The summed E-state index contributed by atoms with van der Waals surface area (Å²) in [6, 6.07) is 0. The van der Waals surface area contributed by atoms with E-state index in [1.807, 2.05) is 6.92 Å². The predicted molar refractivity (Wildman–Crippen MR) is 52.9 cm³/mol. The van der Waals surface area contributed by atoms with Gasteiger partial charge in [-0.2, -0.15) is 0 Å². The Morgan fingerprint density at radius 2 is 2.27 bits per heavy atom. The van der Waals surface area contributed by atoms with Crippen LogP contribution < -0.4 is 4.72 Å². The maximum absolute atomic E-state index is 11.2. The topological polar surface area (TPSA) is 92.7 Å². The van der Waals surface area contributed by atoms with E-state index in [2.05, 4.69) is 4.72 Å². The second-order valence-electron chi connectivity index (χ2n) is 3.63. The average Bonchev–Trinajstić information content (AvgIpc) is 2.45. The molecule has 0 aliphatic carbocycles. The number of rotatable bonds is 5. The third-order valence-corrected chi connectivity index (χ3v) is 3.65. The largest absolute Gasteiger partial charge is 0.480 e. The van der Waals surface area contributed by atoms with Gasteiger partial charge in [-0.3, -0.25) is 4.79 Å². The molecule has 2 unspecified atom stereocenters. The molecule has 7 heteroatoms. The van der Waals surface area contributed by atoms with Crippen LogP contribution in [0.1, 0.15) is 13.3 Å². The second-order valence-corrected chi connectivity index (χ2v) is 5.43. The molecule has 15 heavy (non-hydrogen) atoms. The molecule has 0 aromatic rings. The molecule has 0 spiro atoms. The summed E-state index contributed by atoms with van der Waals surface area (Å²) in [5, 5.41) is 8.35. The molecule has 2 N–H and O–H groups in total. The summed E-state index contributed by atoms with van der Waals surface area (Å²) < 4.78 is 29.9. The van der Waals surface area contributed by atoms with Crippen LogP contribution in [0.5, 0.6) is 0 Å². The summed E-state index contributed by atoms with van der Waals surface area (Å²) >= 11 is 0. The Morgan fingerprint density at radius 1 is 1.60 bits per heavy atom. The Kier molecular flexibility index (Phi) is 4.06. The SMILES string of the molecule is CC1OCCC1CNS(=O)(=O)CC(=O)O. The van der Waals surface area contributed by atoms with Gasteiger partial charge in [0.2, 0.25) is 10.0 Å². The third-order valence-electron chi connectivity index (χ3n) is 2.41. The first-order valence-corrected chi connectivity index (χ1v) is 6.36. The standard InChI is InChI=1S/C8H15NO5S/c1-6-7(2-3-14-6)4-9-15(12,13)5-8(10)11/h6-7,9H,2-5H2,1H3,(H,10,11). The van der Waals surface area contributed by atoms with Gasteiger partial charge in [-0.25, -0.2) is 13.1 Å². The van der Waals surface area contributed by atoms with Crippen LogP contribution in [-0.4, -0.2) is 44.5 Å². The number of sulfonamides is 1. The first-order chi connectivity index (χ1) is 6.91. The molecule has 1 heterocycles. The highest BCUT2D eigenvalue weighted by atomic mass is 32.2. The first-order valence-electron chi connectivity index (χ1n) is 4.71. The zero-order valence-corrected chi connectivity index (χ0v) is 9.29. The van der Waals surface area contributed by atoms with Crippen molar-refractivity contribution in [3.8, 4) is 0 Å². The Labute approximate surface area is 88.7 Å². The minimum Gasteiger partial charge on any atom is -0.480 e. The number of carboxylic acid groups (broad SMARTS) is 1. The van der Waals surface area contributed by atoms with Crippen molar-refractivity contribution >= 4 is 16.0 Å². The summed E-state index contributed by atoms with van der Waals surface area (Å²) in [7, 11) is -3.70. The van der Waals surface area contributed by atoms with Crippen LogP contribution in [0.2, 0.25) is 0 Å². The van der Waals surface area contributed by atoms with Gasteiger partial charge >= 0.3 is 5.97 Å². The van der Waals surface area contributed by atoms with E-state index < -0.39 is 21.7 Å². The van der Waals surface area contributed by atoms with E-state index in [1.165, 1.54) is 0 Å². The Morgan fingerprint density at radius 3 is 2.73 bits per heavy atom. The van der Waals surface area contributed by atoms with Crippen molar-refractivity contribution in [2.75, 3.05) is 18.9 Å². The van der Waals surface area contributed by atoms with E-state index in [1.54, 1.807) is 0 Å². The normalized spacial score (nSPS) is 26.7. The molecular formula is C8H15NO5S. The molecule has 0 amide bonds. The van der Waals surface area contributed by atoms with Crippen molar-refractivity contribution in [2.24, 2.45) is 5.92 Å². The van der Waals surface area contributed by atoms with Crippen molar-refractivity contribution in [3.63, 3.8) is 0 Å². The molecule has 1 aliphatic heterocycles. The van der Waals surface area contributed by atoms with E-state index in [-0.39, 0.29) is 18.6 Å². The summed E-state index contributed by atoms with van der Waals surface area (Å²) in [5.74, 6) is -2.10. The number of carbonyl (C=O) groups is 1. The van der Waals surface area contributed by atoms with Crippen molar-refractivity contribution in [2.45, 2.75) is 19.4 Å². The monoisotopic (exact) mass is 237 g/mol. The third kappa shape index (κ3) is 4.15. The van der Waals surface area contributed by atoms with Crippen molar-refractivity contribution < 1.29 is 23.1 Å². The van der Waals surface area contributed by atoms with Gasteiger partial charge in [-0.15, -0.1) is 0 Å². The molecule has 1 rings (SSSR count). The highest BCUT2D eigenvalue weighted by Gasteiger charge is 2.26. The summed E-state index contributed by atoms with van der Waals surface area (Å²) in [4.78, 5) is 10.2. The number of nitrogens with one attached hydrogen (secondary N) is 1. The molecule has 2 atom stereocenters. The lowest BCUT2D eigenvalue weighted by atomic mass is 10.0. The van der Waals surface area contributed by atoms with Gasteiger partial charge in [0.25, 0.3) is 0 Å². The molecule has 0 radical (unpaired) electrons. The maximum Gasteiger partial charge on any atom is 0.320 e. The first kappa shape index (κ1) is 12.4. The minimum atomic E-state index is -3.70. The quantitative estimate of drug-likeness (QED) is 0.667. The fourth-order valence-corrected chi connectivity index (χ4v) is 2.39. The second kappa shape index (κ2) is 4.91. The zero-order valence-electron chi connectivity index (χ0n) is 8.47. The summed E-state index contributed by atoms with van der Waals surface area (Å²) in [5.41, 5.74) is 0. The van der Waals surface area contributed by atoms with Gasteiger partial charge < -0.3 is 9.84 Å². The number of hydrogen-bond acceptors (Lipinski definition) is 4. The molecule has 1 saturated heterocycles. The van der Waals surface area contributed by atoms with E-state index in [9.17, 15) is 13.2 Å². The zero-order chi connectivity index (χ0) is 11.5. The van der Waals surface area contributed by atoms with E-state index in [0.29, 0.717) is 6.61 Å².